The van der Waals surface area contributed by atoms with Crippen molar-refractivity contribution in [3.8, 4) is 0 Å². The van der Waals surface area contributed by atoms with E-state index >= 15 is 0 Å². The van der Waals surface area contributed by atoms with Crippen molar-refractivity contribution in [1.29, 1.82) is 0 Å². The molecule has 0 bridgehead atoms. The van der Waals surface area contributed by atoms with Crippen LogP contribution < -0.4 is 5.32 Å². The average molecular weight is 1410 g/mol. The Labute approximate surface area is 598 Å². The van der Waals surface area contributed by atoms with Gasteiger partial charge in [-0.2, -0.15) is 0 Å². The van der Waals surface area contributed by atoms with E-state index in [1.165, 1.54) is 167 Å². The number of aliphatic hydroxyl groups is 11. The minimum atomic E-state index is -1.98. The van der Waals surface area contributed by atoms with E-state index in [0.29, 0.717) is 6.42 Å². The number of unbranched alkanes of at least 4 members (excludes halogenated alkanes) is 36. The zero-order valence-corrected chi connectivity index (χ0v) is 61.5. The molecule has 0 radical (unpaired) electrons. The van der Waals surface area contributed by atoms with Gasteiger partial charge in [0.25, 0.3) is 0 Å². The highest BCUT2D eigenvalue weighted by Gasteiger charge is 2.53. The third kappa shape index (κ3) is 40.9. The highest BCUT2D eigenvalue weighted by Crippen LogP contribution is 2.33. The van der Waals surface area contributed by atoms with E-state index < -0.39 is 124 Å². The van der Waals surface area contributed by atoms with E-state index in [2.05, 4.69) is 79.9 Å². The van der Waals surface area contributed by atoms with Crippen LogP contribution in [0.25, 0.3) is 0 Å². The van der Waals surface area contributed by atoms with Crippen molar-refractivity contribution in [3.63, 3.8) is 0 Å². The highest BCUT2D eigenvalue weighted by molar-refractivity contribution is 5.76. The first kappa shape index (κ1) is 90.4. The molecule has 0 aromatic heterocycles. The number of nitrogens with one attached hydrogen (secondary N) is 1. The normalized spacial score (nSPS) is 27.0. The summed E-state index contributed by atoms with van der Waals surface area (Å²) in [5.74, 6) is -0.286. The Balaban J connectivity index is 1.39. The van der Waals surface area contributed by atoms with E-state index in [-0.39, 0.29) is 18.9 Å². The van der Waals surface area contributed by atoms with Crippen molar-refractivity contribution in [1.82, 2.24) is 5.32 Å². The van der Waals surface area contributed by atoms with Crippen LogP contribution in [0, 0.1) is 0 Å². The minimum Gasteiger partial charge on any atom is -0.394 e. The monoisotopic (exact) mass is 1410 g/mol. The molecule has 19 nitrogen and oxygen atoms in total. The predicted octanol–water partition coefficient (Wildman–Crippen LogP) is 12.8. The van der Waals surface area contributed by atoms with Crippen molar-refractivity contribution in [2.75, 3.05) is 26.4 Å². The SMILES string of the molecule is CC/C=C\C/C=C\C/C=C\C/C=C\C/C=C\CCCCCCCCCC(=O)NC(COC1OC(CO)C(OC2OC(CO)C(OC3OC(CO)C(O)C(O)C3O)C(O)C2O)C(O)C1O)C(O)/C=C/CCCCCCCCCCCCCCCCCCCCCCCCCCCCCCC. The summed E-state index contributed by atoms with van der Waals surface area (Å²) in [6.45, 7) is 1.64. The molecule has 17 unspecified atom stereocenters. The number of hydrogen-bond donors (Lipinski definition) is 12. The second-order valence-corrected chi connectivity index (χ2v) is 28.1. The lowest BCUT2D eigenvalue weighted by Crippen LogP contribution is -2.66. The second-order valence-electron chi connectivity index (χ2n) is 28.1. The van der Waals surface area contributed by atoms with Gasteiger partial charge in [0.15, 0.2) is 18.9 Å². The van der Waals surface area contributed by atoms with Gasteiger partial charge in [0.05, 0.1) is 38.6 Å². The third-order valence-corrected chi connectivity index (χ3v) is 19.5. The molecule has 0 saturated carbocycles. The van der Waals surface area contributed by atoms with Gasteiger partial charge >= 0.3 is 0 Å². The van der Waals surface area contributed by atoms with Gasteiger partial charge < -0.3 is 89.9 Å². The molecular weight excluding hydrogens is 1260 g/mol. The molecule has 12 N–H and O–H groups in total. The summed E-state index contributed by atoms with van der Waals surface area (Å²) in [6.07, 6.45) is 51.7. The van der Waals surface area contributed by atoms with Crippen LogP contribution >= 0.6 is 0 Å². The van der Waals surface area contributed by atoms with Crippen LogP contribution in [0.5, 0.6) is 0 Å². The summed E-state index contributed by atoms with van der Waals surface area (Å²) in [5.41, 5.74) is 0. The fourth-order valence-corrected chi connectivity index (χ4v) is 13.2. The van der Waals surface area contributed by atoms with Gasteiger partial charge in [-0.25, -0.2) is 0 Å². The van der Waals surface area contributed by atoms with Crippen LogP contribution in [0.15, 0.2) is 72.9 Å². The number of amides is 1. The summed E-state index contributed by atoms with van der Waals surface area (Å²) in [4.78, 5) is 13.5. The zero-order chi connectivity index (χ0) is 71.8. The molecule has 3 heterocycles. The second kappa shape index (κ2) is 60.5. The maximum absolute atomic E-state index is 13.5. The molecule has 0 aromatic carbocycles. The van der Waals surface area contributed by atoms with Crippen LogP contribution in [0.4, 0.5) is 0 Å². The summed E-state index contributed by atoms with van der Waals surface area (Å²) in [5, 5.41) is 121. The van der Waals surface area contributed by atoms with Crippen molar-refractivity contribution < 1.29 is 89.4 Å². The molecule has 3 rings (SSSR count). The Kier molecular flexibility index (Phi) is 55.3. The molecule has 0 aromatic rings. The van der Waals surface area contributed by atoms with Gasteiger partial charge in [0.2, 0.25) is 5.91 Å². The summed E-state index contributed by atoms with van der Waals surface area (Å²) >= 11 is 0. The first-order valence-electron chi connectivity index (χ1n) is 39.7. The maximum atomic E-state index is 13.5. The van der Waals surface area contributed by atoms with E-state index in [0.717, 1.165) is 103 Å². The largest absolute Gasteiger partial charge is 0.394 e. The number of rotatable bonds is 62. The highest BCUT2D eigenvalue weighted by atomic mass is 16.8. The number of carbonyl (C=O) groups is 1. The molecular formula is C80H143NO18. The Morgan fingerprint density at radius 1 is 0.374 bits per heavy atom. The van der Waals surface area contributed by atoms with Gasteiger partial charge in [0, 0.05) is 6.42 Å². The molecule has 1 amide bonds. The molecule has 17 atom stereocenters. The molecule has 0 aliphatic carbocycles. The van der Waals surface area contributed by atoms with Crippen LogP contribution in [0.1, 0.15) is 296 Å². The average Bonchev–Trinajstić information content (AvgIpc) is 0.782. The summed E-state index contributed by atoms with van der Waals surface area (Å²) in [6, 6.07) is -0.986. The van der Waals surface area contributed by atoms with Gasteiger partial charge in [-0.1, -0.05) is 299 Å². The Morgan fingerprint density at radius 3 is 1.09 bits per heavy atom. The molecule has 3 aliphatic rings. The lowest BCUT2D eigenvalue weighted by molar-refractivity contribution is -0.379. The van der Waals surface area contributed by atoms with Gasteiger partial charge in [-0.3, -0.25) is 4.79 Å². The van der Waals surface area contributed by atoms with Gasteiger partial charge in [-0.15, -0.1) is 0 Å². The Hall–Kier alpha value is -2.77. The summed E-state index contributed by atoms with van der Waals surface area (Å²) < 4.78 is 34.4. The van der Waals surface area contributed by atoms with Gasteiger partial charge in [-0.05, 0) is 64.2 Å². The quantitative estimate of drug-likeness (QED) is 0.0199. The molecule has 19 heteroatoms. The van der Waals surface area contributed by atoms with Crippen molar-refractivity contribution in [2.45, 2.75) is 401 Å². The van der Waals surface area contributed by atoms with Crippen LogP contribution in [0.2, 0.25) is 0 Å². The number of ether oxygens (including phenoxy) is 6. The van der Waals surface area contributed by atoms with E-state index in [1.807, 2.05) is 6.08 Å². The Morgan fingerprint density at radius 2 is 0.697 bits per heavy atom. The number of allylic oxidation sites excluding steroid dienone is 11. The van der Waals surface area contributed by atoms with Crippen molar-refractivity contribution in [2.24, 2.45) is 0 Å². The van der Waals surface area contributed by atoms with Gasteiger partial charge in [0.1, 0.15) is 73.2 Å². The van der Waals surface area contributed by atoms with Crippen molar-refractivity contribution >= 4 is 5.91 Å². The first-order chi connectivity index (χ1) is 48.3. The molecule has 99 heavy (non-hydrogen) atoms. The van der Waals surface area contributed by atoms with Crippen molar-refractivity contribution in [3.05, 3.63) is 72.9 Å². The first-order valence-corrected chi connectivity index (χ1v) is 39.7. The lowest BCUT2D eigenvalue weighted by Gasteiger charge is -2.48. The fraction of sp³-hybridized carbons (Fsp3) is 0.838. The molecule has 3 saturated heterocycles. The topological polar surface area (TPSA) is 307 Å². The zero-order valence-electron chi connectivity index (χ0n) is 61.5. The molecule has 0 spiro atoms. The van der Waals surface area contributed by atoms with Crippen LogP contribution in [-0.2, 0) is 33.2 Å². The maximum Gasteiger partial charge on any atom is 0.220 e. The van der Waals surface area contributed by atoms with Crippen LogP contribution in [-0.4, -0.2) is 193 Å². The van der Waals surface area contributed by atoms with E-state index in [4.69, 9.17) is 28.4 Å². The lowest BCUT2D eigenvalue weighted by atomic mass is 9.96. The standard InChI is InChI=1S/C80H143NO18/c1-3-5-7-9-11-13-15-17-19-21-23-25-27-28-29-30-31-32-33-34-36-37-39-41-43-45-47-49-51-53-55-57-64(85)63(81-68(86)58-56-54-52-50-48-46-44-42-40-38-35-26-24-22-20-18-16-14-12-10-8-6-4-2)62-94-78-74(92)71(89)76(66(60-83)96-78)99-80-75(93)72(90)77(67(61-84)97-80)98-79-73(91)70(88)69(87)65(59-82)95-79/h6,8,12,14,18,20,24,26,38,40,55,57,63-67,69-80,82-85,87-93H,3-5,7,9-11,13,15-17,19,21-23,25,27-37,39,41-54,56,58-62H2,1-2H3,(H,81,86)/b8-6-,14-12-,20-18-,26-24-,40-38-,57-55+. The Bertz CT molecular complexity index is 2070. The molecule has 576 valence electrons. The van der Waals surface area contributed by atoms with Crippen LogP contribution in [0.3, 0.4) is 0 Å². The smallest absolute Gasteiger partial charge is 0.220 e. The third-order valence-electron chi connectivity index (χ3n) is 19.5. The predicted molar refractivity (Wildman–Crippen MR) is 392 cm³/mol. The number of aliphatic hydroxyl groups excluding tert-OH is 11. The minimum absolute atomic E-state index is 0.227. The number of hydrogen-bond acceptors (Lipinski definition) is 18. The van der Waals surface area contributed by atoms with E-state index in [1.54, 1.807) is 6.08 Å². The molecule has 3 fully saturated rings. The fourth-order valence-electron chi connectivity index (χ4n) is 13.2. The molecule has 3 aliphatic heterocycles. The van der Waals surface area contributed by atoms with E-state index in [9.17, 15) is 61.0 Å². The summed E-state index contributed by atoms with van der Waals surface area (Å²) in [7, 11) is 0. The number of carbonyl (C=O) groups excluding carboxylic acids is 1.